The van der Waals surface area contributed by atoms with Crippen LogP contribution in [-0.2, 0) is 6.54 Å². The monoisotopic (exact) mass is 398 g/mol. The van der Waals surface area contributed by atoms with Crippen molar-refractivity contribution >= 4 is 11.6 Å². The zero-order chi connectivity index (χ0) is 20.6. The van der Waals surface area contributed by atoms with Crippen LogP contribution in [0.3, 0.4) is 0 Å². The van der Waals surface area contributed by atoms with Gasteiger partial charge in [-0.3, -0.25) is 0 Å². The van der Waals surface area contributed by atoms with Crippen LogP contribution in [-0.4, -0.2) is 62.9 Å². The predicted octanol–water partition coefficient (Wildman–Crippen LogP) is 2.70. The number of ether oxygens (including phenoxy) is 2. The lowest BCUT2D eigenvalue weighted by atomic mass is 10.2. The van der Waals surface area contributed by atoms with Crippen molar-refractivity contribution in [1.82, 2.24) is 10.2 Å². The lowest BCUT2D eigenvalue weighted by molar-refractivity contribution is 0.368. The SMILES string of the molecule is CCNC(=NCc1cccc(OC)c1O)N1CCN(c2cccc(OC)c2)CC1. The van der Waals surface area contributed by atoms with Crippen molar-refractivity contribution in [2.24, 2.45) is 4.99 Å². The number of hydrogen-bond acceptors (Lipinski definition) is 5. The Kier molecular flexibility index (Phi) is 7.05. The van der Waals surface area contributed by atoms with Gasteiger partial charge in [-0.1, -0.05) is 18.2 Å². The number of phenols is 1. The zero-order valence-corrected chi connectivity index (χ0v) is 17.4. The van der Waals surface area contributed by atoms with E-state index in [1.165, 1.54) is 5.69 Å². The average molecular weight is 399 g/mol. The van der Waals surface area contributed by atoms with Gasteiger partial charge < -0.3 is 29.7 Å². The van der Waals surface area contributed by atoms with Gasteiger partial charge in [-0.2, -0.15) is 0 Å². The van der Waals surface area contributed by atoms with Gasteiger partial charge >= 0.3 is 0 Å². The number of benzene rings is 2. The summed E-state index contributed by atoms with van der Waals surface area (Å²) in [5.41, 5.74) is 1.92. The summed E-state index contributed by atoms with van der Waals surface area (Å²) in [6.45, 7) is 6.79. The first-order chi connectivity index (χ1) is 14.2. The maximum Gasteiger partial charge on any atom is 0.194 e. The van der Waals surface area contributed by atoms with Crippen LogP contribution >= 0.6 is 0 Å². The van der Waals surface area contributed by atoms with E-state index in [1.54, 1.807) is 20.3 Å². The molecule has 7 nitrogen and oxygen atoms in total. The minimum atomic E-state index is 0.150. The smallest absolute Gasteiger partial charge is 0.194 e. The number of aliphatic imine (C=N–C) groups is 1. The molecule has 0 radical (unpaired) electrons. The van der Waals surface area contributed by atoms with Crippen LogP contribution in [0.4, 0.5) is 5.69 Å². The Labute approximate surface area is 172 Å². The molecule has 0 aromatic heterocycles. The van der Waals surface area contributed by atoms with Crippen molar-refractivity contribution in [2.75, 3.05) is 51.8 Å². The van der Waals surface area contributed by atoms with E-state index in [1.807, 2.05) is 24.3 Å². The fourth-order valence-corrected chi connectivity index (χ4v) is 3.43. The summed E-state index contributed by atoms with van der Waals surface area (Å²) in [5.74, 6) is 2.35. The highest BCUT2D eigenvalue weighted by molar-refractivity contribution is 5.80. The number of hydrogen-bond donors (Lipinski definition) is 2. The summed E-state index contributed by atoms with van der Waals surface area (Å²) in [6.07, 6.45) is 0. The van der Waals surface area contributed by atoms with Crippen molar-refractivity contribution in [1.29, 1.82) is 0 Å². The van der Waals surface area contributed by atoms with Gasteiger partial charge in [-0.05, 0) is 25.1 Å². The van der Waals surface area contributed by atoms with E-state index < -0.39 is 0 Å². The van der Waals surface area contributed by atoms with E-state index in [9.17, 15) is 5.11 Å². The van der Waals surface area contributed by atoms with Crippen molar-refractivity contribution in [3.63, 3.8) is 0 Å². The molecule has 2 N–H and O–H groups in total. The van der Waals surface area contributed by atoms with E-state index in [0.29, 0.717) is 12.3 Å². The summed E-state index contributed by atoms with van der Waals surface area (Å²) in [6, 6.07) is 13.6. The van der Waals surface area contributed by atoms with Crippen LogP contribution < -0.4 is 19.7 Å². The van der Waals surface area contributed by atoms with Gasteiger partial charge in [0, 0.05) is 50.0 Å². The van der Waals surface area contributed by atoms with E-state index in [-0.39, 0.29) is 5.75 Å². The topological polar surface area (TPSA) is 69.6 Å². The second-order valence-electron chi connectivity index (χ2n) is 6.81. The number of guanidine groups is 1. The molecule has 0 unspecified atom stereocenters. The molecule has 1 heterocycles. The molecule has 0 aliphatic carbocycles. The molecule has 0 bridgehead atoms. The largest absolute Gasteiger partial charge is 0.504 e. The fourth-order valence-electron chi connectivity index (χ4n) is 3.43. The maximum atomic E-state index is 10.3. The first-order valence-corrected chi connectivity index (χ1v) is 9.93. The summed E-state index contributed by atoms with van der Waals surface area (Å²) in [5, 5.41) is 13.7. The quantitative estimate of drug-likeness (QED) is 0.576. The number of anilines is 1. The van der Waals surface area contributed by atoms with Gasteiger partial charge in [0.2, 0.25) is 0 Å². The van der Waals surface area contributed by atoms with Gasteiger partial charge in [0.15, 0.2) is 17.5 Å². The molecule has 1 fully saturated rings. The lowest BCUT2D eigenvalue weighted by Gasteiger charge is -2.37. The van der Waals surface area contributed by atoms with E-state index in [0.717, 1.165) is 50.0 Å². The molecule has 2 aromatic carbocycles. The number of para-hydroxylation sites is 1. The number of rotatable bonds is 6. The fraction of sp³-hybridized carbons (Fsp3) is 0.409. The molecule has 1 aliphatic rings. The summed E-state index contributed by atoms with van der Waals surface area (Å²) < 4.78 is 10.5. The van der Waals surface area contributed by atoms with Crippen molar-refractivity contribution in [3.05, 3.63) is 48.0 Å². The molecule has 0 atom stereocenters. The minimum Gasteiger partial charge on any atom is -0.504 e. The van der Waals surface area contributed by atoms with Crippen LogP contribution in [0.1, 0.15) is 12.5 Å². The van der Waals surface area contributed by atoms with E-state index in [4.69, 9.17) is 14.5 Å². The van der Waals surface area contributed by atoms with Crippen LogP contribution in [0.15, 0.2) is 47.5 Å². The maximum absolute atomic E-state index is 10.3. The third-order valence-electron chi connectivity index (χ3n) is 5.03. The van der Waals surface area contributed by atoms with Gasteiger partial charge in [-0.25, -0.2) is 4.99 Å². The molecule has 1 aliphatic heterocycles. The summed E-state index contributed by atoms with van der Waals surface area (Å²) in [4.78, 5) is 9.37. The third kappa shape index (κ3) is 5.04. The molecule has 0 spiro atoms. The Bertz CT molecular complexity index is 833. The highest BCUT2D eigenvalue weighted by Crippen LogP contribution is 2.29. The van der Waals surface area contributed by atoms with Crippen LogP contribution in [0.2, 0.25) is 0 Å². The second-order valence-corrected chi connectivity index (χ2v) is 6.81. The Morgan fingerprint density at radius 1 is 1.07 bits per heavy atom. The Morgan fingerprint density at radius 2 is 1.83 bits per heavy atom. The normalized spacial score (nSPS) is 14.7. The second kappa shape index (κ2) is 9.91. The van der Waals surface area contributed by atoms with Crippen LogP contribution in [0, 0.1) is 0 Å². The van der Waals surface area contributed by atoms with Crippen molar-refractivity contribution < 1.29 is 14.6 Å². The third-order valence-corrected chi connectivity index (χ3v) is 5.03. The molecule has 3 rings (SSSR count). The number of phenolic OH excluding ortho intramolecular Hbond substituents is 1. The predicted molar refractivity (Wildman–Crippen MR) is 116 cm³/mol. The molecule has 29 heavy (non-hydrogen) atoms. The number of nitrogens with zero attached hydrogens (tertiary/aromatic N) is 3. The standard InChI is InChI=1S/C22H30N4O3/c1-4-23-22(24-16-17-7-5-10-20(29-3)21(17)27)26-13-11-25(12-14-26)18-8-6-9-19(15-18)28-2/h5-10,15,27H,4,11-14,16H2,1-3H3,(H,23,24). The van der Waals surface area contributed by atoms with Crippen molar-refractivity contribution in [3.8, 4) is 17.2 Å². The number of aromatic hydroxyl groups is 1. The lowest BCUT2D eigenvalue weighted by Crippen LogP contribution is -2.52. The molecular weight excluding hydrogens is 368 g/mol. The molecular formula is C22H30N4O3. The Hall–Kier alpha value is -3.09. The highest BCUT2D eigenvalue weighted by atomic mass is 16.5. The number of nitrogens with one attached hydrogen (secondary N) is 1. The molecule has 0 saturated carbocycles. The van der Waals surface area contributed by atoms with Crippen LogP contribution in [0.25, 0.3) is 0 Å². The number of methoxy groups -OCH3 is 2. The van der Waals surface area contributed by atoms with Crippen LogP contribution in [0.5, 0.6) is 17.2 Å². The van der Waals surface area contributed by atoms with Crippen molar-refractivity contribution in [2.45, 2.75) is 13.5 Å². The first kappa shape index (κ1) is 20.6. The van der Waals surface area contributed by atoms with Gasteiger partial charge in [0.25, 0.3) is 0 Å². The number of piperazine rings is 1. The average Bonchev–Trinajstić information content (AvgIpc) is 2.77. The van der Waals surface area contributed by atoms with Gasteiger partial charge in [0.1, 0.15) is 5.75 Å². The highest BCUT2D eigenvalue weighted by Gasteiger charge is 2.20. The molecule has 7 heteroatoms. The van der Waals surface area contributed by atoms with E-state index >= 15 is 0 Å². The van der Waals surface area contributed by atoms with Gasteiger partial charge in [0.05, 0.1) is 20.8 Å². The zero-order valence-electron chi connectivity index (χ0n) is 17.4. The first-order valence-electron chi connectivity index (χ1n) is 9.93. The Morgan fingerprint density at radius 3 is 2.52 bits per heavy atom. The van der Waals surface area contributed by atoms with E-state index in [2.05, 4.69) is 34.2 Å². The Balaban J connectivity index is 1.66. The molecule has 1 saturated heterocycles. The summed E-state index contributed by atoms with van der Waals surface area (Å²) in [7, 11) is 3.24. The molecule has 0 amide bonds. The van der Waals surface area contributed by atoms with Gasteiger partial charge in [-0.15, -0.1) is 0 Å². The summed E-state index contributed by atoms with van der Waals surface area (Å²) >= 11 is 0. The molecule has 156 valence electrons. The molecule has 2 aromatic rings. The minimum absolute atomic E-state index is 0.150.